The average molecular weight is 294 g/mol. The summed E-state index contributed by atoms with van der Waals surface area (Å²) in [5.74, 6) is 0. The van der Waals surface area contributed by atoms with Gasteiger partial charge in [-0.2, -0.15) is 0 Å². The van der Waals surface area contributed by atoms with Crippen LogP contribution in [-0.4, -0.2) is 0 Å². The van der Waals surface area contributed by atoms with E-state index in [-0.39, 0.29) is 24.8 Å². The third-order valence-electron chi connectivity index (χ3n) is 2.81. The summed E-state index contributed by atoms with van der Waals surface area (Å²) in [6, 6.07) is 0. The van der Waals surface area contributed by atoms with E-state index < -0.39 is 17.9 Å². The van der Waals surface area contributed by atoms with Gasteiger partial charge in [-0.25, -0.2) is 0 Å². The first-order valence-corrected chi connectivity index (χ1v) is 7.84. The quantitative estimate of drug-likeness (QED) is 0.645. The van der Waals surface area contributed by atoms with Crippen molar-refractivity contribution in [3.05, 3.63) is 44.2 Å². The van der Waals surface area contributed by atoms with Gasteiger partial charge in [0.25, 0.3) is 0 Å². The predicted octanol–water partition coefficient (Wildman–Crippen LogP) is 4.96. The molecule has 2 rings (SSSR count). The maximum Gasteiger partial charge on any atom is -0.147 e. The molecular weight excluding hydrogens is 275 g/mol. The maximum absolute atomic E-state index is 2.40. The normalized spacial score (nSPS) is 16.7. The van der Waals surface area contributed by atoms with Crippen molar-refractivity contribution in [1.82, 2.24) is 0 Å². The van der Waals surface area contributed by atoms with Gasteiger partial charge in [-0.15, -0.1) is 24.8 Å². The Morgan fingerprint density at radius 2 is 1.38 bits per heavy atom. The van der Waals surface area contributed by atoms with Gasteiger partial charge in [-0.05, 0) is 0 Å². The van der Waals surface area contributed by atoms with Gasteiger partial charge in [0.05, 0.1) is 0 Å². The first-order valence-electron chi connectivity index (χ1n) is 5.38. The molecule has 0 heterocycles. The summed E-state index contributed by atoms with van der Waals surface area (Å²) in [5, 5.41) is 0. The van der Waals surface area contributed by atoms with Crippen LogP contribution in [0.4, 0.5) is 0 Å². The van der Waals surface area contributed by atoms with Crippen molar-refractivity contribution in [2.75, 3.05) is 0 Å². The fraction of sp³-hybridized carbons (Fsp3) is 0.385. The Bertz CT molecular complexity index is 308. The third-order valence-corrected chi connectivity index (χ3v) is 7.93. The van der Waals surface area contributed by atoms with Crippen LogP contribution < -0.4 is 0 Å². The molecule has 89 valence electrons. The summed E-state index contributed by atoms with van der Waals surface area (Å²) in [6.45, 7) is 4.79. The molecule has 0 spiro atoms. The first kappa shape index (κ1) is 16.3. The van der Waals surface area contributed by atoms with E-state index in [2.05, 4.69) is 50.3 Å². The van der Waals surface area contributed by atoms with Crippen molar-refractivity contribution in [3.63, 3.8) is 0 Å². The first-order chi connectivity index (χ1) is 6.79. The van der Waals surface area contributed by atoms with E-state index in [1.54, 1.807) is 7.76 Å². The molecule has 0 aromatic heterocycles. The average Bonchev–Trinajstić information content (AvgIpc) is 2.75. The Balaban J connectivity index is 0.00000112. The summed E-state index contributed by atoms with van der Waals surface area (Å²) < 4.78 is 4.40. The topological polar surface area (TPSA) is 0 Å². The maximum atomic E-state index is 2.40. The molecule has 0 unspecified atom stereocenters. The van der Waals surface area contributed by atoms with E-state index in [0.717, 1.165) is 4.22 Å². The predicted molar refractivity (Wildman–Crippen MR) is 73.3 cm³/mol. The van der Waals surface area contributed by atoms with Crippen LogP contribution in [0.25, 0.3) is 0 Å². The van der Waals surface area contributed by atoms with Gasteiger partial charge in [0.2, 0.25) is 0 Å². The summed E-state index contributed by atoms with van der Waals surface area (Å²) in [4.78, 5) is 0. The molecule has 3 heteroatoms. The fourth-order valence-electron chi connectivity index (χ4n) is 2.24. The summed E-state index contributed by atoms with van der Waals surface area (Å²) in [5.41, 5.74) is 0. The van der Waals surface area contributed by atoms with E-state index >= 15 is 0 Å². The zero-order chi connectivity index (χ0) is 9.97. The van der Waals surface area contributed by atoms with Crippen LogP contribution in [0.3, 0.4) is 0 Å². The van der Waals surface area contributed by atoms with Crippen molar-refractivity contribution in [1.29, 1.82) is 0 Å². The Hall–Kier alpha value is 0.254. The van der Waals surface area contributed by atoms with Crippen molar-refractivity contribution in [2.24, 2.45) is 0 Å². The molecule has 0 nitrogen and oxygen atoms in total. The van der Waals surface area contributed by atoms with Crippen LogP contribution in [0.5, 0.6) is 0 Å². The number of allylic oxidation sites excluding steroid dienone is 8. The number of rotatable bonds is 3. The van der Waals surface area contributed by atoms with Gasteiger partial charge >= 0.3 is 93.0 Å². The van der Waals surface area contributed by atoms with Crippen LogP contribution in [-0.2, 0) is 17.9 Å². The van der Waals surface area contributed by atoms with Crippen LogP contribution >= 0.6 is 24.8 Å². The van der Waals surface area contributed by atoms with E-state index in [1.165, 1.54) is 12.8 Å². The Morgan fingerprint density at radius 3 is 1.62 bits per heavy atom. The monoisotopic (exact) mass is 293 g/mol. The van der Waals surface area contributed by atoms with Gasteiger partial charge in [-0.1, -0.05) is 0 Å². The molecule has 2 aliphatic carbocycles. The van der Waals surface area contributed by atoms with E-state index in [1.807, 2.05) is 0 Å². The Morgan fingerprint density at radius 1 is 0.938 bits per heavy atom. The largest absolute Gasteiger partial charge is 0.147 e. The number of hydrogen-bond acceptors (Lipinski definition) is 0. The van der Waals surface area contributed by atoms with Gasteiger partial charge in [0.15, 0.2) is 0 Å². The summed E-state index contributed by atoms with van der Waals surface area (Å²) in [6.07, 6.45) is 16.3. The molecule has 0 aromatic rings. The molecule has 0 aliphatic heterocycles. The molecule has 0 aromatic carbocycles. The molecule has 2 aliphatic rings. The SMILES string of the molecule is C[CH](C)[Ti]([C]1=CC=CC1)[C]1=CC=CC1.Cl.Cl. The molecule has 0 radical (unpaired) electrons. The molecule has 0 saturated carbocycles. The molecule has 0 amide bonds. The van der Waals surface area contributed by atoms with Gasteiger partial charge in [-0.3, -0.25) is 0 Å². The van der Waals surface area contributed by atoms with Crippen LogP contribution in [0, 0.1) is 0 Å². The standard InChI is InChI=1S/2C5H5.C3H7.2ClH.Ti/c2*1-2-4-5-3-1;1-3-2;;;/h2*1-3H,4H2;3H,1-2H3;2*1H;. The Kier molecular flexibility index (Phi) is 7.68. The third kappa shape index (κ3) is 3.63. The van der Waals surface area contributed by atoms with Crippen molar-refractivity contribution in [3.8, 4) is 0 Å². The van der Waals surface area contributed by atoms with Crippen LogP contribution in [0.1, 0.15) is 26.7 Å². The van der Waals surface area contributed by atoms with Crippen LogP contribution in [0.15, 0.2) is 44.2 Å². The molecule has 0 N–H and O–H groups in total. The molecule has 0 saturated heterocycles. The number of halogens is 2. The fourth-order valence-corrected chi connectivity index (χ4v) is 7.12. The van der Waals surface area contributed by atoms with Crippen molar-refractivity contribution >= 4 is 24.8 Å². The second kappa shape index (κ2) is 7.56. The molecule has 0 bridgehead atoms. The summed E-state index contributed by atoms with van der Waals surface area (Å²) >= 11 is -1.11. The number of hydrogen-bond donors (Lipinski definition) is 0. The smallest absolute Gasteiger partial charge is 0.147 e. The van der Waals surface area contributed by atoms with Gasteiger partial charge in [0.1, 0.15) is 0 Å². The summed E-state index contributed by atoms with van der Waals surface area (Å²) in [7, 11) is 0. The zero-order valence-corrected chi connectivity index (χ0v) is 13.0. The van der Waals surface area contributed by atoms with Gasteiger partial charge in [0, 0.05) is 0 Å². The Labute approximate surface area is 117 Å². The minimum atomic E-state index is -1.11. The van der Waals surface area contributed by atoms with Gasteiger partial charge < -0.3 is 0 Å². The second-order valence-electron chi connectivity index (χ2n) is 4.22. The minimum Gasteiger partial charge on any atom is -0.147 e. The van der Waals surface area contributed by atoms with Crippen molar-refractivity contribution < 1.29 is 17.9 Å². The van der Waals surface area contributed by atoms with Crippen molar-refractivity contribution in [2.45, 2.75) is 30.9 Å². The molecule has 0 fully saturated rings. The molecule has 0 atom stereocenters. The van der Waals surface area contributed by atoms with E-state index in [4.69, 9.17) is 0 Å². The minimum absolute atomic E-state index is 0. The molecular formula is C13H19Cl2Ti. The second-order valence-corrected chi connectivity index (χ2v) is 9.32. The van der Waals surface area contributed by atoms with Crippen LogP contribution in [0.2, 0.25) is 4.22 Å². The molecule has 16 heavy (non-hydrogen) atoms. The zero-order valence-electron chi connectivity index (χ0n) is 9.77. The van der Waals surface area contributed by atoms with E-state index in [0.29, 0.717) is 0 Å². The van der Waals surface area contributed by atoms with E-state index in [9.17, 15) is 0 Å².